The molecule has 2 aromatic heterocycles. The number of ether oxygens (including phenoxy) is 1. The molecular formula is C23H21N3O4. The van der Waals surface area contributed by atoms with Crippen molar-refractivity contribution in [2.45, 2.75) is 19.8 Å². The molecule has 1 N–H and O–H groups in total. The topological polar surface area (TPSA) is 86.4 Å². The molecule has 0 aliphatic heterocycles. The lowest BCUT2D eigenvalue weighted by Gasteiger charge is -2.10. The minimum absolute atomic E-state index is 0.176. The van der Waals surface area contributed by atoms with Crippen molar-refractivity contribution in [3.05, 3.63) is 83.0 Å². The van der Waals surface area contributed by atoms with E-state index in [4.69, 9.17) is 9.15 Å². The van der Waals surface area contributed by atoms with Crippen LogP contribution in [-0.4, -0.2) is 22.3 Å². The van der Waals surface area contributed by atoms with Gasteiger partial charge in [-0.15, -0.1) is 0 Å². The zero-order valence-corrected chi connectivity index (χ0v) is 16.5. The van der Waals surface area contributed by atoms with Crippen LogP contribution in [0.4, 0.5) is 5.69 Å². The molecule has 4 rings (SSSR count). The minimum Gasteiger partial charge on any atom is -0.484 e. The van der Waals surface area contributed by atoms with Crippen molar-refractivity contribution in [1.29, 1.82) is 0 Å². The Labute approximate surface area is 172 Å². The van der Waals surface area contributed by atoms with Gasteiger partial charge in [0.25, 0.3) is 5.91 Å². The van der Waals surface area contributed by atoms with Crippen molar-refractivity contribution in [3.63, 3.8) is 0 Å². The van der Waals surface area contributed by atoms with E-state index in [-0.39, 0.29) is 12.5 Å². The lowest BCUT2D eigenvalue weighted by Crippen LogP contribution is -2.21. The average molecular weight is 403 g/mol. The molecule has 0 atom stereocenters. The van der Waals surface area contributed by atoms with Crippen LogP contribution in [0.5, 0.6) is 5.75 Å². The van der Waals surface area contributed by atoms with E-state index in [9.17, 15) is 9.59 Å². The van der Waals surface area contributed by atoms with Crippen LogP contribution in [0.3, 0.4) is 0 Å². The van der Waals surface area contributed by atoms with Gasteiger partial charge in [-0.1, -0.05) is 31.5 Å². The average Bonchev–Trinajstić information content (AvgIpc) is 3.15. The second-order valence-corrected chi connectivity index (χ2v) is 6.79. The number of hydrogen-bond donors (Lipinski definition) is 1. The Morgan fingerprint density at radius 1 is 1.13 bits per heavy atom. The van der Waals surface area contributed by atoms with Crippen LogP contribution in [0, 0.1) is 0 Å². The van der Waals surface area contributed by atoms with Gasteiger partial charge in [0.2, 0.25) is 0 Å². The highest BCUT2D eigenvalue weighted by atomic mass is 16.5. The standard InChI is InChI=1S/C23H21N3O4/c1-2-6-20-19(14-24-26(20)17-7-4-3-5-8-17)25-22(27)15-29-18-11-9-16-10-12-23(28)30-21(16)13-18/h3-5,7-14H,2,6,15H2,1H3,(H,25,27). The molecule has 7 nitrogen and oxygen atoms in total. The van der Waals surface area contributed by atoms with Crippen LogP contribution >= 0.6 is 0 Å². The molecule has 0 radical (unpaired) electrons. The molecule has 0 saturated heterocycles. The van der Waals surface area contributed by atoms with Crippen LogP contribution in [0.2, 0.25) is 0 Å². The lowest BCUT2D eigenvalue weighted by molar-refractivity contribution is -0.118. The zero-order chi connectivity index (χ0) is 20.9. The summed E-state index contributed by atoms with van der Waals surface area (Å²) in [6.45, 7) is 1.90. The smallest absolute Gasteiger partial charge is 0.336 e. The van der Waals surface area contributed by atoms with Crippen molar-refractivity contribution >= 4 is 22.6 Å². The Balaban J connectivity index is 1.46. The van der Waals surface area contributed by atoms with Gasteiger partial charge >= 0.3 is 5.63 Å². The van der Waals surface area contributed by atoms with E-state index in [0.29, 0.717) is 17.0 Å². The third-order valence-electron chi connectivity index (χ3n) is 4.60. The van der Waals surface area contributed by atoms with Crippen molar-refractivity contribution in [1.82, 2.24) is 9.78 Å². The molecule has 0 aliphatic rings. The van der Waals surface area contributed by atoms with Gasteiger partial charge in [0.15, 0.2) is 6.61 Å². The molecule has 0 aliphatic carbocycles. The maximum absolute atomic E-state index is 12.5. The number of anilines is 1. The third kappa shape index (κ3) is 4.25. The monoisotopic (exact) mass is 403 g/mol. The highest BCUT2D eigenvalue weighted by Gasteiger charge is 2.14. The SMILES string of the molecule is CCCc1c(NC(=O)COc2ccc3ccc(=O)oc3c2)cnn1-c1ccccc1. The fraction of sp³-hybridized carbons (Fsp3) is 0.174. The lowest BCUT2D eigenvalue weighted by atomic mass is 10.2. The van der Waals surface area contributed by atoms with E-state index in [1.807, 2.05) is 35.0 Å². The number of rotatable bonds is 7. The molecule has 0 fully saturated rings. The molecule has 152 valence electrons. The second kappa shape index (κ2) is 8.65. The van der Waals surface area contributed by atoms with E-state index >= 15 is 0 Å². The van der Waals surface area contributed by atoms with Gasteiger partial charge in [-0.25, -0.2) is 9.48 Å². The normalized spacial score (nSPS) is 10.8. The molecule has 0 unspecified atom stereocenters. The van der Waals surface area contributed by atoms with Gasteiger partial charge in [0.05, 0.1) is 23.3 Å². The maximum Gasteiger partial charge on any atom is 0.336 e. The van der Waals surface area contributed by atoms with Crippen LogP contribution in [-0.2, 0) is 11.2 Å². The van der Waals surface area contributed by atoms with Crippen molar-refractivity contribution in [3.8, 4) is 11.4 Å². The van der Waals surface area contributed by atoms with E-state index in [0.717, 1.165) is 29.6 Å². The molecule has 2 aromatic carbocycles. The van der Waals surface area contributed by atoms with E-state index in [1.54, 1.807) is 30.5 Å². The number of aromatic nitrogens is 2. The van der Waals surface area contributed by atoms with Gasteiger partial charge in [-0.2, -0.15) is 5.10 Å². The number of benzene rings is 2. The largest absolute Gasteiger partial charge is 0.484 e. The zero-order valence-electron chi connectivity index (χ0n) is 16.5. The highest BCUT2D eigenvalue weighted by molar-refractivity contribution is 5.92. The molecule has 4 aromatic rings. The quantitative estimate of drug-likeness (QED) is 0.472. The third-order valence-corrected chi connectivity index (χ3v) is 4.60. The van der Waals surface area contributed by atoms with Crippen molar-refractivity contribution < 1.29 is 13.9 Å². The summed E-state index contributed by atoms with van der Waals surface area (Å²) in [6.07, 6.45) is 3.34. The highest BCUT2D eigenvalue weighted by Crippen LogP contribution is 2.22. The first-order valence-corrected chi connectivity index (χ1v) is 9.73. The van der Waals surface area contributed by atoms with Crippen LogP contribution in [0.25, 0.3) is 16.7 Å². The number of carbonyl (C=O) groups is 1. The summed E-state index contributed by atoms with van der Waals surface area (Å²) in [7, 11) is 0. The predicted molar refractivity (Wildman–Crippen MR) is 114 cm³/mol. The van der Waals surface area contributed by atoms with E-state index in [2.05, 4.69) is 17.3 Å². The number of fused-ring (bicyclic) bond motifs is 1. The number of nitrogens with one attached hydrogen (secondary N) is 1. The molecule has 0 spiro atoms. The Hall–Kier alpha value is -3.87. The van der Waals surface area contributed by atoms with Crippen LogP contribution in [0.1, 0.15) is 19.0 Å². The predicted octanol–water partition coefficient (Wildman–Crippen LogP) is 3.95. The molecule has 2 heterocycles. The fourth-order valence-electron chi connectivity index (χ4n) is 3.21. The first-order chi connectivity index (χ1) is 14.6. The number of para-hydroxylation sites is 1. The summed E-state index contributed by atoms with van der Waals surface area (Å²) in [5.41, 5.74) is 2.52. The molecular weight excluding hydrogens is 382 g/mol. The summed E-state index contributed by atoms with van der Waals surface area (Å²) in [6, 6.07) is 17.9. The van der Waals surface area contributed by atoms with Gasteiger partial charge in [0.1, 0.15) is 11.3 Å². The summed E-state index contributed by atoms with van der Waals surface area (Å²) < 4.78 is 12.6. The van der Waals surface area contributed by atoms with Gasteiger partial charge in [0, 0.05) is 17.5 Å². The summed E-state index contributed by atoms with van der Waals surface area (Å²) in [4.78, 5) is 23.8. The Kier molecular flexibility index (Phi) is 5.61. The minimum atomic E-state index is -0.434. The fourth-order valence-corrected chi connectivity index (χ4v) is 3.21. The van der Waals surface area contributed by atoms with Crippen LogP contribution < -0.4 is 15.7 Å². The Morgan fingerprint density at radius 3 is 2.73 bits per heavy atom. The first kappa shape index (κ1) is 19.4. The summed E-state index contributed by atoms with van der Waals surface area (Å²) in [5.74, 6) is 0.148. The molecule has 30 heavy (non-hydrogen) atoms. The van der Waals surface area contributed by atoms with Crippen molar-refractivity contribution in [2.75, 3.05) is 11.9 Å². The van der Waals surface area contributed by atoms with E-state index < -0.39 is 5.63 Å². The molecule has 1 amide bonds. The summed E-state index contributed by atoms with van der Waals surface area (Å²) in [5, 5.41) is 8.10. The number of nitrogens with zero attached hydrogens (tertiary/aromatic N) is 2. The second-order valence-electron chi connectivity index (χ2n) is 6.79. The molecule has 0 bridgehead atoms. The first-order valence-electron chi connectivity index (χ1n) is 9.73. The van der Waals surface area contributed by atoms with Crippen molar-refractivity contribution in [2.24, 2.45) is 0 Å². The summed E-state index contributed by atoms with van der Waals surface area (Å²) >= 11 is 0. The molecule has 0 saturated carbocycles. The van der Waals surface area contributed by atoms with Gasteiger partial charge < -0.3 is 14.5 Å². The number of amides is 1. The van der Waals surface area contributed by atoms with Gasteiger partial charge in [-0.05, 0) is 36.8 Å². The van der Waals surface area contributed by atoms with Crippen LogP contribution in [0.15, 0.2) is 76.1 Å². The molecule has 7 heteroatoms. The maximum atomic E-state index is 12.5. The van der Waals surface area contributed by atoms with E-state index in [1.165, 1.54) is 6.07 Å². The van der Waals surface area contributed by atoms with Gasteiger partial charge in [-0.3, -0.25) is 4.79 Å². The Bertz CT molecular complexity index is 1230. The Morgan fingerprint density at radius 2 is 1.93 bits per heavy atom. The number of carbonyl (C=O) groups excluding carboxylic acids is 1. The number of hydrogen-bond acceptors (Lipinski definition) is 5.